The Morgan fingerprint density at radius 1 is 1.06 bits per heavy atom. The fraction of sp³-hybridized carbons (Fsp3) is 0.667. The van der Waals surface area contributed by atoms with Crippen LogP contribution in [0.4, 0.5) is 0 Å². The van der Waals surface area contributed by atoms with E-state index in [0.29, 0.717) is 29.7 Å². The summed E-state index contributed by atoms with van der Waals surface area (Å²) in [5, 5.41) is 6.83. The largest absolute Gasteiger partial charge is 0.493 e. The third-order valence-electron chi connectivity index (χ3n) is 6.33. The van der Waals surface area contributed by atoms with Crippen LogP contribution in [0.25, 0.3) is 0 Å². The number of aliphatic imine (C=N–C) groups is 1. The smallest absolute Gasteiger partial charge is 0.225 e. The predicted molar refractivity (Wildman–Crippen MR) is 141 cm³/mol. The standard InChI is InChI=1S/C24H38N4O4.HI/c1-5-25-24(26-15-18-11-12-20(30-2)22(32-4)21(18)31-3)27-19-13-14-28(16-19)23(29)17-9-7-6-8-10-17;/h11-12,17,19H,5-10,13-16H2,1-4H3,(H2,25,26,27);1H. The molecule has 0 radical (unpaired) electrons. The van der Waals surface area contributed by atoms with Gasteiger partial charge in [0.15, 0.2) is 17.5 Å². The first-order valence-electron chi connectivity index (χ1n) is 11.7. The summed E-state index contributed by atoms with van der Waals surface area (Å²) in [5.41, 5.74) is 0.905. The lowest BCUT2D eigenvalue weighted by molar-refractivity contribution is -0.135. The van der Waals surface area contributed by atoms with Gasteiger partial charge >= 0.3 is 0 Å². The van der Waals surface area contributed by atoms with E-state index in [9.17, 15) is 4.79 Å². The van der Waals surface area contributed by atoms with Crippen LogP contribution >= 0.6 is 24.0 Å². The monoisotopic (exact) mass is 574 g/mol. The van der Waals surface area contributed by atoms with E-state index in [1.807, 2.05) is 24.0 Å². The Labute approximate surface area is 214 Å². The van der Waals surface area contributed by atoms with Gasteiger partial charge in [-0.15, -0.1) is 24.0 Å². The number of ether oxygens (including phenoxy) is 3. The molecule has 0 spiro atoms. The van der Waals surface area contributed by atoms with Crippen molar-refractivity contribution in [1.82, 2.24) is 15.5 Å². The fourth-order valence-corrected chi connectivity index (χ4v) is 4.65. The number of guanidine groups is 1. The number of rotatable bonds is 8. The maximum Gasteiger partial charge on any atom is 0.225 e. The van der Waals surface area contributed by atoms with Crippen LogP contribution in [0, 0.1) is 5.92 Å². The van der Waals surface area contributed by atoms with Crippen molar-refractivity contribution in [2.24, 2.45) is 10.9 Å². The van der Waals surface area contributed by atoms with Gasteiger partial charge < -0.3 is 29.7 Å². The molecule has 1 saturated carbocycles. The second kappa shape index (κ2) is 13.7. The predicted octanol–water partition coefficient (Wildman–Crippen LogP) is 3.57. The van der Waals surface area contributed by atoms with Crippen LogP contribution in [0.5, 0.6) is 17.2 Å². The minimum absolute atomic E-state index is 0. The van der Waals surface area contributed by atoms with Gasteiger partial charge in [0.05, 0.1) is 27.9 Å². The van der Waals surface area contributed by atoms with Crippen molar-refractivity contribution >= 4 is 35.8 Å². The van der Waals surface area contributed by atoms with E-state index >= 15 is 0 Å². The first kappa shape index (κ1) is 27.3. The molecule has 1 aliphatic heterocycles. The van der Waals surface area contributed by atoms with Gasteiger partial charge in [0.1, 0.15) is 0 Å². The molecule has 1 aromatic rings. The number of nitrogens with zero attached hydrogens (tertiary/aromatic N) is 2. The Balaban J connectivity index is 0.00000385. The zero-order valence-electron chi connectivity index (χ0n) is 20.3. The van der Waals surface area contributed by atoms with E-state index in [4.69, 9.17) is 19.2 Å². The average Bonchev–Trinajstić information content (AvgIpc) is 3.30. The van der Waals surface area contributed by atoms with Gasteiger partial charge in [-0.3, -0.25) is 4.79 Å². The van der Waals surface area contributed by atoms with Crippen LogP contribution in [-0.2, 0) is 11.3 Å². The molecule has 2 fully saturated rings. The number of hydrogen-bond acceptors (Lipinski definition) is 5. The number of nitrogens with one attached hydrogen (secondary N) is 2. The third kappa shape index (κ3) is 7.04. The Kier molecular flexibility index (Phi) is 11.4. The molecule has 8 nitrogen and oxygen atoms in total. The molecule has 2 N–H and O–H groups in total. The summed E-state index contributed by atoms with van der Waals surface area (Å²) in [5.74, 6) is 3.11. The number of likely N-dealkylation sites (tertiary alicyclic amines) is 1. The Bertz CT molecular complexity index is 799. The highest BCUT2D eigenvalue weighted by atomic mass is 127. The summed E-state index contributed by atoms with van der Waals surface area (Å²) in [6.45, 7) is 4.78. The lowest BCUT2D eigenvalue weighted by atomic mass is 9.88. The highest BCUT2D eigenvalue weighted by Crippen LogP contribution is 2.40. The van der Waals surface area contributed by atoms with Crippen molar-refractivity contribution in [2.75, 3.05) is 41.0 Å². The molecule has 1 aromatic carbocycles. The topological polar surface area (TPSA) is 84.4 Å². The molecule has 2 aliphatic rings. The van der Waals surface area contributed by atoms with Gasteiger partial charge in [-0.2, -0.15) is 0 Å². The van der Waals surface area contributed by atoms with E-state index in [-0.39, 0.29) is 35.9 Å². The van der Waals surface area contributed by atoms with Crippen molar-refractivity contribution in [3.05, 3.63) is 17.7 Å². The van der Waals surface area contributed by atoms with Gasteiger partial charge in [0.2, 0.25) is 11.7 Å². The molecule has 1 heterocycles. The van der Waals surface area contributed by atoms with E-state index in [1.54, 1.807) is 21.3 Å². The molecule has 0 aromatic heterocycles. The zero-order chi connectivity index (χ0) is 22.9. The molecule has 0 bridgehead atoms. The Morgan fingerprint density at radius 3 is 2.42 bits per heavy atom. The molecule has 1 atom stereocenters. The highest BCUT2D eigenvalue weighted by Gasteiger charge is 2.31. The minimum Gasteiger partial charge on any atom is -0.493 e. The Morgan fingerprint density at radius 2 is 1.79 bits per heavy atom. The number of methoxy groups -OCH3 is 3. The second-order valence-corrected chi connectivity index (χ2v) is 8.44. The highest BCUT2D eigenvalue weighted by molar-refractivity contribution is 14.0. The summed E-state index contributed by atoms with van der Waals surface area (Å²) >= 11 is 0. The van der Waals surface area contributed by atoms with Crippen molar-refractivity contribution in [2.45, 2.75) is 58.0 Å². The normalized spacial score (nSPS) is 19.0. The number of hydrogen-bond donors (Lipinski definition) is 2. The van der Waals surface area contributed by atoms with E-state index in [1.165, 1.54) is 19.3 Å². The summed E-state index contributed by atoms with van der Waals surface area (Å²) in [4.78, 5) is 19.7. The number of halogens is 1. The minimum atomic E-state index is 0. The first-order valence-corrected chi connectivity index (χ1v) is 11.7. The lowest BCUT2D eigenvalue weighted by Gasteiger charge is -2.26. The number of carbonyl (C=O) groups is 1. The molecule has 3 rings (SSSR count). The van der Waals surface area contributed by atoms with Crippen LogP contribution < -0.4 is 24.8 Å². The number of benzene rings is 1. The number of amides is 1. The SMILES string of the molecule is CCNC(=NCc1ccc(OC)c(OC)c1OC)NC1CCN(C(=O)C2CCCCC2)C1.I. The van der Waals surface area contributed by atoms with Gasteiger partial charge in [0, 0.05) is 37.2 Å². The van der Waals surface area contributed by atoms with E-state index < -0.39 is 0 Å². The van der Waals surface area contributed by atoms with Crippen molar-refractivity contribution in [3.8, 4) is 17.2 Å². The summed E-state index contributed by atoms with van der Waals surface area (Å²) < 4.78 is 16.4. The quantitative estimate of drug-likeness (QED) is 0.281. The van der Waals surface area contributed by atoms with Crippen molar-refractivity contribution in [1.29, 1.82) is 0 Å². The molecule has 186 valence electrons. The Hall–Kier alpha value is -1.91. The van der Waals surface area contributed by atoms with Gasteiger partial charge in [-0.25, -0.2) is 4.99 Å². The molecular weight excluding hydrogens is 535 g/mol. The second-order valence-electron chi connectivity index (χ2n) is 8.44. The van der Waals surface area contributed by atoms with E-state index in [0.717, 1.165) is 50.4 Å². The number of carbonyl (C=O) groups excluding carboxylic acids is 1. The molecule has 1 aliphatic carbocycles. The van der Waals surface area contributed by atoms with Crippen LogP contribution in [0.1, 0.15) is 51.0 Å². The first-order chi connectivity index (χ1) is 15.6. The summed E-state index contributed by atoms with van der Waals surface area (Å²) in [6, 6.07) is 4.00. The summed E-state index contributed by atoms with van der Waals surface area (Å²) in [7, 11) is 4.82. The fourth-order valence-electron chi connectivity index (χ4n) is 4.65. The maximum absolute atomic E-state index is 12.9. The van der Waals surface area contributed by atoms with Crippen molar-refractivity contribution in [3.63, 3.8) is 0 Å². The third-order valence-corrected chi connectivity index (χ3v) is 6.33. The average molecular weight is 575 g/mol. The molecule has 9 heteroatoms. The summed E-state index contributed by atoms with van der Waals surface area (Å²) in [6.07, 6.45) is 6.66. The van der Waals surface area contributed by atoms with Crippen LogP contribution in [0.3, 0.4) is 0 Å². The molecule has 1 saturated heterocycles. The van der Waals surface area contributed by atoms with Gasteiger partial charge in [-0.1, -0.05) is 19.3 Å². The van der Waals surface area contributed by atoms with Crippen LogP contribution in [0.2, 0.25) is 0 Å². The van der Waals surface area contributed by atoms with Crippen LogP contribution in [0.15, 0.2) is 17.1 Å². The zero-order valence-corrected chi connectivity index (χ0v) is 22.6. The van der Waals surface area contributed by atoms with Crippen LogP contribution in [-0.4, -0.2) is 63.8 Å². The van der Waals surface area contributed by atoms with E-state index in [2.05, 4.69) is 10.6 Å². The van der Waals surface area contributed by atoms with Gasteiger partial charge in [0.25, 0.3) is 0 Å². The molecule has 1 unspecified atom stereocenters. The maximum atomic E-state index is 12.9. The molecule has 33 heavy (non-hydrogen) atoms. The lowest BCUT2D eigenvalue weighted by Crippen LogP contribution is -2.45. The molecule has 1 amide bonds. The molecular formula is C24H39IN4O4. The van der Waals surface area contributed by atoms with Crippen molar-refractivity contribution < 1.29 is 19.0 Å². The van der Waals surface area contributed by atoms with Gasteiger partial charge in [-0.05, 0) is 38.3 Å².